The Balaban J connectivity index is 0.00000317. The van der Waals surface area contributed by atoms with Gasteiger partial charge in [0, 0.05) is 33.4 Å². The Hall–Kier alpha value is -7.19. The van der Waals surface area contributed by atoms with E-state index in [9.17, 15) is 4.79 Å². The number of H-pyrrole nitrogens is 2. The Bertz CT molecular complexity index is 2860. The largest absolute Gasteiger partial charge is 0.497 e. The number of nitrogens with one attached hydrogen (secondary N) is 2. The monoisotopic (exact) mass is 919 g/mol. The van der Waals surface area contributed by atoms with Gasteiger partial charge in [-0.15, -0.1) is 0 Å². The number of aryl methyl sites for hydroxylation is 4. The quantitative estimate of drug-likeness (QED) is 0.0697. The SMILES string of the molecule is CC.CCC(C)(C)C(=O)OCCCCCCOc1ccc(-c2[nH]c(-c3cc4ccc3CCc3ccc(cc3-c3nc(-c5ccccc5)c(-c5ccccc5)[nH]3)CC4)nc2-c2ccc(OC)cc2)cc1. The van der Waals surface area contributed by atoms with E-state index in [4.69, 9.17) is 24.2 Å². The summed E-state index contributed by atoms with van der Waals surface area (Å²) >= 11 is 0. The molecular formula is C61H66N4O4. The highest BCUT2D eigenvalue weighted by Gasteiger charge is 2.27. The summed E-state index contributed by atoms with van der Waals surface area (Å²) in [5.41, 5.74) is 14.9. The van der Waals surface area contributed by atoms with Crippen LogP contribution in [-0.2, 0) is 35.2 Å². The molecule has 354 valence electrons. The van der Waals surface area contributed by atoms with E-state index in [1.807, 2.05) is 65.0 Å². The third kappa shape index (κ3) is 11.6. The molecule has 2 aromatic heterocycles. The standard InChI is InChI=1S/C59H60N4O4.C2H6/c1-5-59(2,3)58(64)67-37-15-7-6-14-36-66-49-34-30-47(31-35-49)55-54(46-28-32-48(65-4)33-29-46)62-57(63-55)51-39-41-21-20-40-22-24-42(26-27-43(51)25-23-41)50(38-40)56-60-52(44-16-10-8-11-17-44)53(61-56)45-18-12-9-13-19-45;1-2/h8-13,16-19,22-25,28-35,38-39H,5-7,14-15,20-21,26-27,36-37H2,1-4H3,(H,60,61)(H,62,63);1-2H3. The van der Waals surface area contributed by atoms with Crippen LogP contribution in [0, 0.1) is 5.41 Å². The molecule has 0 unspecified atom stereocenters. The molecule has 0 amide bonds. The first kappa shape index (κ1) is 48.3. The molecule has 4 bridgehead atoms. The minimum Gasteiger partial charge on any atom is -0.497 e. The number of hydrogen-bond acceptors (Lipinski definition) is 6. The summed E-state index contributed by atoms with van der Waals surface area (Å²) in [5.74, 6) is 3.25. The molecule has 0 radical (unpaired) electrons. The van der Waals surface area contributed by atoms with Crippen LogP contribution >= 0.6 is 0 Å². The molecule has 4 aliphatic carbocycles. The molecule has 8 nitrogen and oxygen atoms in total. The zero-order valence-corrected chi connectivity index (χ0v) is 41.2. The van der Waals surface area contributed by atoms with Crippen molar-refractivity contribution in [1.29, 1.82) is 0 Å². The molecule has 0 saturated carbocycles. The van der Waals surface area contributed by atoms with Crippen LogP contribution in [0.15, 0.2) is 146 Å². The number of nitrogens with zero attached hydrogens (tertiary/aromatic N) is 2. The minimum atomic E-state index is -0.425. The number of aromatic amines is 2. The molecule has 69 heavy (non-hydrogen) atoms. The Kier molecular flexibility index (Phi) is 15.9. The predicted octanol–water partition coefficient (Wildman–Crippen LogP) is 15.0. The summed E-state index contributed by atoms with van der Waals surface area (Å²) in [6.45, 7) is 11.0. The second kappa shape index (κ2) is 22.7. The highest BCUT2D eigenvalue weighted by atomic mass is 16.5. The van der Waals surface area contributed by atoms with E-state index >= 15 is 0 Å². The lowest BCUT2D eigenvalue weighted by molar-refractivity contribution is -0.154. The van der Waals surface area contributed by atoms with Crippen LogP contribution in [0.5, 0.6) is 11.5 Å². The number of methoxy groups -OCH3 is 1. The number of imidazole rings is 2. The Morgan fingerprint density at radius 1 is 0.551 bits per heavy atom. The lowest BCUT2D eigenvalue weighted by Crippen LogP contribution is -2.26. The maximum Gasteiger partial charge on any atom is 0.311 e. The van der Waals surface area contributed by atoms with E-state index in [-0.39, 0.29) is 5.97 Å². The fourth-order valence-corrected chi connectivity index (χ4v) is 8.75. The Morgan fingerprint density at radius 3 is 1.54 bits per heavy atom. The molecule has 12 rings (SSSR count). The van der Waals surface area contributed by atoms with Gasteiger partial charge in [0.25, 0.3) is 0 Å². The molecule has 8 heteroatoms. The normalized spacial score (nSPS) is 12.1. The zero-order valence-electron chi connectivity index (χ0n) is 41.2. The molecular weight excluding hydrogens is 853 g/mol. The number of carbonyl (C=O) groups excluding carboxylic acids is 1. The molecule has 0 aliphatic heterocycles. The molecule has 2 heterocycles. The summed E-state index contributed by atoms with van der Waals surface area (Å²) in [4.78, 5) is 30.6. The molecule has 0 atom stereocenters. The van der Waals surface area contributed by atoms with Gasteiger partial charge in [-0.3, -0.25) is 4.79 Å². The number of hydrogen-bond donors (Lipinski definition) is 2. The van der Waals surface area contributed by atoms with E-state index in [1.54, 1.807) is 7.11 Å². The van der Waals surface area contributed by atoms with Gasteiger partial charge in [-0.25, -0.2) is 9.97 Å². The van der Waals surface area contributed by atoms with E-state index in [0.717, 1.165) is 137 Å². The van der Waals surface area contributed by atoms with Gasteiger partial charge >= 0.3 is 5.97 Å². The Labute approximate surface area is 408 Å². The second-order valence-corrected chi connectivity index (χ2v) is 18.2. The number of aromatic nitrogens is 4. The van der Waals surface area contributed by atoms with Crippen molar-refractivity contribution in [3.8, 4) is 79.3 Å². The van der Waals surface area contributed by atoms with Crippen molar-refractivity contribution in [2.75, 3.05) is 20.3 Å². The van der Waals surface area contributed by atoms with Crippen LogP contribution in [0.2, 0.25) is 0 Å². The molecule has 0 saturated heterocycles. The maximum atomic E-state index is 12.3. The van der Waals surface area contributed by atoms with Crippen LogP contribution in [0.3, 0.4) is 0 Å². The first-order chi connectivity index (χ1) is 33.8. The van der Waals surface area contributed by atoms with Gasteiger partial charge in [-0.2, -0.15) is 0 Å². The average Bonchev–Trinajstić information content (AvgIpc) is 4.05. The van der Waals surface area contributed by atoms with Gasteiger partial charge in [-0.05, 0) is 155 Å². The average molecular weight is 919 g/mol. The van der Waals surface area contributed by atoms with E-state index < -0.39 is 5.41 Å². The molecule has 6 aromatic carbocycles. The highest BCUT2D eigenvalue weighted by molar-refractivity contribution is 5.84. The molecule has 0 fully saturated rings. The summed E-state index contributed by atoms with van der Waals surface area (Å²) in [7, 11) is 1.69. The molecule has 4 aliphatic rings. The number of carbonyl (C=O) groups is 1. The number of esters is 1. The van der Waals surface area contributed by atoms with Gasteiger partial charge in [0.15, 0.2) is 0 Å². The maximum absolute atomic E-state index is 12.3. The molecule has 2 N–H and O–H groups in total. The van der Waals surface area contributed by atoms with Crippen LogP contribution in [0.1, 0.15) is 89.0 Å². The van der Waals surface area contributed by atoms with E-state index in [1.165, 1.54) is 22.3 Å². The van der Waals surface area contributed by atoms with Crippen molar-refractivity contribution in [2.24, 2.45) is 5.41 Å². The highest BCUT2D eigenvalue weighted by Crippen LogP contribution is 2.38. The summed E-state index contributed by atoms with van der Waals surface area (Å²) in [6.07, 6.45) is 8.02. The Morgan fingerprint density at radius 2 is 1.01 bits per heavy atom. The fourth-order valence-electron chi connectivity index (χ4n) is 8.75. The van der Waals surface area contributed by atoms with Crippen LogP contribution in [-0.4, -0.2) is 46.2 Å². The van der Waals surface area contributed by atoms with E-state index in [0.29, 0.717) is 13.2 Å². The number of rotatable bonds is 17. The summed E-state index contributed by atoms with van der Waals surface area (Å²) < 4.78 is 17.2. The third-order valence-corrected chi connectivity index (χ3v) is 13.2. The fraction of sp³-hybridized carbons (Fsp3) is 0.295. The third-order valence-electron chi connectivity index (χ3n) is 13.2. The lowest BCUT2D eigenvalue weighted by atomic mass is 9.90. The van der Waals surface area contributed by atoms with Gasteiger partial charge < -0.3 is 24.2 Å². The van der Waals surface area contributed by atoms with Gasteiger partial charge in [0.2, 0.25) is 0 Å². The van der Waals surface area contributed by atoms with Gasteiger partial charge in [0.1, 0.15) is 23.1 Å². The van der Waals surface area contributed by atoms with Crippen molar-refractivity contribution in [1.82, 2.24) is 19.9 Å². The lowest BCUT2D eigenvalue weighted by Gasteiger charge is -2.20. The van der Waals surface area contributed by atoms with E-state index in [2.05, 4.69) is 125 Å². The predicted molar refractivity (Wildman–Crippen MR) is 282 cm³/mol. The van der Waals surface area contributed by atoms with Crippen molar-refractivity contribution in [2.45, 2.75) is 92.4 Å². The van der Waals surface area contributed by atoms with Crippen molar-refractivity contribution in [3.63, 3.8) is 0 Å². The van der Waals surface area contributed by atoms with Crippen molar-refractivity contribution >= 4 is 5.97 Å². The topological polar surface area (TPSA) is 102 Å². The van der Waals surface area contributed by atoms with Crippen LogP contribution in [0.4, 0.5) is 0 Å². The number of ether oxygens (including phenoxy) is 3. The number of unbranched alkanes of at least 4 members (excludes halogenated alkanes) is 3. The van der Waals surface area contributed by atoms with Gasteiger partial charge in [-0.1, -0.05) is 106 Å². The second-order valence-electron chi connectivity index (χ2n) is 18.2. The summed E-state index contributed by atoms with van der Waals surface area (Å²) in [6, 6.07) is 51.3. The van der Waals surface area contributed by atoms with Crippen LogP contribution < -0.4 is 9.47 Å². The molecule has 0 spiro atoms. The van der Waals surface area contributed by atoms with Crippen molar-refractivity contribution in [3.05, 3.63) is 168 Å². The van der Waals surface area contributed by atoms with Crippen LogP contribution in [0.25, 0.3) is 67.8 Å². The van der Waals surface area contributed by atoms with Gasteiger partial charge in [0.05, 0.1) is 48.5 Å². The summed E-state index contributed by atoms with van der Waals surface area (Å²) in [5, 5.41) is 0. The molecule has 8 aromatic rings. The first-order valence-corrected chi connectivity index (χ1v) is 24.9. The zero-order chi connectivity index (χ0) is 48.2. The van der Waals surface area contributed by atoms with Crippen molar-refractivity contribution < 1.29 is 19.0 Å². The minimum absolute atomic E-state index is 0.114. The smallest absolute Gasteiger partial charge is 0.311 e. The number of benzene rings is 6. The first-order valence-electron chi connectivity index (χ1n) is 24.9.